The molecular weight excluding hydrogens is 297 g/mol. The van der Waals surface area contributed by atoms with E-state index in [4.69, 9.17) is 20.3 Å². The minimum absolute atomic E-state index is 0.0413. The van der Waals surface area contributed by atoms with Crippen molar-refractivity contribution < 1.29 is 24.1 Å². The summed E-state index contributed by atoms with van der Waals surface area (Å²) in [6.07, 6.45) is -0.252. The third-order valence-corrected chi connectivity index (χ3v) is 3.42. The summed E-state index contributed by atoms with van der Waals surface area (Å²) in [5, 5.41) is 19.0. The van der Waals surface area contributed by atoms with Crippen LogP contribution in [0, 0.1) is 0 Å². The summed E-state index contributed by atoms with van der Waals surface area (Å²) in [4.78, 5) is 12.1. The Labute approximate surface area is 124 Å². The fourth-order valence-electron chi connectivity index (χ4n) is 2.40. The molecule has 0 saturated carbocycles. The highest BCUT2D eigenvalue weighted by Gasteiger charge is 2.35. The fraction of sp³-hybridized carbons (Fsp3) is 0.583. The monoisotopic (exact) mass is 313 g/mol. The molecule has 0 amide bonds. The Morgan fingerprint density at radius 2 is 2.32 bits per heavy atom. The van der Waals surface area contributed by atoms with E-state index in [0.717, 1.165) is 0 Å². The molecule has 9 nitrogen and oxygen atoms in total. The predicted octanol–water partition coefficient (Wildman–Crippen LogP) is -0.603. The number of alkyl halides is 1. The molecule has 1 aliphatic heterocycles. The van der Waals surface area contributed by atoms with Crippen molar-refractivity contribution in [3.05, 3.63) is 6.33 Å². The summed E-state index contributed by atoms with van der Waals surface area (Å²) in [6.45, 7) is -1.11. The highest BCUT2D eigenvalue weighted by atomic mass is 19.1. The Balaban J connectivity index is 1.96. The fourth-order valence-corrected chi connectivity index (χ4v) is 2.40. The second-order valence-corrected chi connectivity index (χ2v) is 4.86. The first kappa shape index (κ1) is 14.9. The van der Waals surface area contributed by atoms with Gasteiger partial charge in [-0.1, -0.05) is 0 Å². The Morgan fingerprint density at radius 3 is 3.00 bits per heavy atom. The third kappa shape index (κ3) is 2.56. The number of hydrogen-bond acceptors (Lipinski definition) is 8. The lowest BCUT2D eigenvalue weighted by Crippen LogP contribution is -2.24. The molecule has 0 aliphatic carbocycles. The summed E-state index contributed by atoms with van der Waals surface area (Å²) in [5.41, 5.74) is 6.32. The van der Waals surface area contributed by atoms with Crippen LogP contribution in [0.1, 0.15) is 12.6 Å². The van der Waals surface area contributed by atoms with Crippen molar-refractivity contribution in [2.75, 3.05) is 25.6 Å². The van der Waals surface area contributed by atoms with E-state index in [1.807, 2.05) is 0 Å². The number of nitrogens with two attached hydrogens (primary N) is 1. The maximum atomic E-state index is 12.3. The number of nitrogen functional groups attached to an aromatic ring is 1. The molecule has 1 fully saturated rings. The molecule has 0 aromatic carbocycles. The molecule has 0 spiro atoms. The average molecular weight is 313 g/mol. The second-order valence-electron chi connectivity index (χ2n) is 4.86. The molecule has 0 radical (unpaired) electrons. The maximum absolute atomic E-state index is 12.3. The predicted molar refractivity (Wildman–Crippen MR) is 72.8 cm³/mol. The van der Waals surface area contributed by atoms with E-state index >= 15 is 0 Å². The number of rotatable bonds is 5. The third-order valence-electron chi connectivity index (χ3n) is 3.42. The highest BCUT2D eigenvalue weighted by Crippen LogP contribution is 2.32. The van der Waals surface area contributed by atoms with E-state index < -0.39 is 25.1 Å². The van der Waals surface area contributed by atoms with Crippen molar-refractivity contribution in [2.24, 2.45) is 0 Å². The van der Waals surface area contributed by atoms with Crippen LogP contribution < -0.4 is 10.5 Å². The molecule has 0 unspecified atom stereocenters. The lowest BCUT2D eigenvalue weighted by Gasteiger charge is -2.13. The number of hydrogen-bond donors (Lipinski definition) is 3. The van der Waals surface area contributed by atoms with Gasteiger partial charge in [-0.3, -0.25) is 4.57 Å². The van der Waals surface area contributed by atoms with Gasteiger partial charge in [-0.2, -0.15) is 9.97 Å². The minimum atomic E-state index is -0.783. The van der Waals surface area contributed by atoms with Gasteiger partial charge in [0.05, 0.1) is 19.0 Å². The van der Waals surface area contributed by atoms with Crippen LogP contribution in [0.2, 0.25) is 0 Å². The van der Waals surface area contributed by atoms with Crippen LogP contribution in [0.5, 0.6) is 5.88 Å². The smallest absolute Gasteiger partial charge is 0.247 e. The highest BCUT2D eigenvalue weighted by molar-refractivity contribution is 5.77. The van der Waals surface area contributed by atoms with Gasteiger partial charge in [-0.05, 0) is 0 Å². The summed E-state index contributed by atoms with van der Waals surface area (Å²) in [5.74, 6) is 0.0523. The summed E-state index contributed by atoms with van der Waals surface area (Å²) in [6, 6.07) is 0. The SMILES string of the molecule is Nc1nc(OCCF)c2ncn([C@H]3C[C@H](O)[C@@H](CO)O3)c2n1. The van der Waals surface area contributed by atoms with Crippen LogP contribution in [-0.2, 0) is 4.74 Å². The minimum Gasteiger partial charge on any atom is -0.473 e. The number of nitrogens with zero attached hydrogens (tertiary/aromatic N) is 4. The van der Waals surface area contributed by atoms with Gasteiger partial charge < -0.3 is 25.4 Å². The average Bonchev–Trinajstić information content (AvgIpc) is 3.07. The van der Waals surface area contributed by atoms with Crippen molar-refractivity contribution in [1.82, 2.24) is 19.5 Å². The van der Waals surface area contributed by atoms with Crippen molar-refractivity contribution in [3.8, 4) is 5.88 Å². The molecule has 10 heteroatoms. The zero-order valence-corrected chi connectivity index (χ0v) is 11.6. The molecular formula is C12H16FN5O4. The molecule has 3 heterocycles. The lowest BCUT2D eigenvalue weighted by molar-refractivity contribution is -0.0432. The van der Waals surface area contributed by atoms with Crippen molar-refractivity contribution >= 4 is 17.1 Å². The van der Waals surface area contributed by atoms with E-state index in [1.165, 1.54) is 6.33 Å². The van der Waals surface area contributed by atoms with Gasteiger partial charge in [0.15, 0.2) is 11.2 Å². The standard InChI is InChI=1S/C12H16FN5O4/c13-1-2-21-11-9-10(16-12(14)17-11)18(5-15-9)8-3-6(20)7(4-19)22-8/h5-8,19-20H,1-4H2,(H2,14,16,17)/t6-,7+,8+/m0/s1. The molecule has 2 aromatic rings. The molecule has 3 atom stereocenters. The molecule has 120 valence electrons. The first-order valence-electron chi connectivity index (χ1n) is 6.77. The number of aliphatic hydroxyl groups excluding tert-OH is 2. The number of halogens is 1. The molecule has 2 aromatic heterocycles. The number of imidazole rings is 1. The van der Waals surface area contributed by atoms with Crippen LogP contribution in [0.25, 0.3) is 11.2 Å². The number of anilines is 1. The number of aliphatic hydroxyl groups is 2. The maximum Gasteiger partial charge on any atom is 0.247 e. The van der Waals surface area contributed by atoms with Gasteiger partial charge in [0, 0.05) is 6.42 Å². The summed E-state index contributed by atoms with van der Waals surface area (Å²) >= 11 is 0. The Kier molecular flexibility index (Phi) is 4.05. The molecule has 1 aliphatic rings. The van der Waals surface area contributed by atoms with Gasteiger partial charge in [0.1, 0.15) is 25.6 Å². The Morgan fingerprint density at radius 1 is 1.50 bits per heavy atom. The molecule has 3 rings (SSSR count). The Hall–Kier alpha value is -2.04. The van der Waals surface area contributed by atoms with Crippen LogP contribution >= 0.6 is 0 Å². The topological polar surface area (TPSA) is 129 Å². The van der Waals surface area contributed by atoms with Gasteiger partial charge in [0.2, 0.25) is 11.8 Å². The summed E-state index contributed by atoms with van der Waals surface area (Å²) in [7, 11) is 0. The second kappa shape index (κ2) is 5.99. The van der Waals surface area contributed by atoms with Crippen molar-refractivity contribution in [1.29, 1.82) is 0 Å². The number of ether oxygens (including phenoxy) is 2. The normalized spacial score (nSPS) is 25.0. The quantitative estimate of drug-likeness (QED) is 0.667. The van der Waals surface area contributed by atoms with E-state index in [1.54, 1.807) is 4.57 Å². The molecule has 4 N–H and O–H groups in total. The van der Waals surface area contributed by atoms with Gasteiger partial charge in [0.25, 0.3) is 0 Å². The van der Waals surface area contributed by atoms with Gasteiger partial charge in [-0.15, -0.1) is 0 Å². The molecule has 22 heavy (non-hydrogen) atoms. The first-order chi connectivity index (χ1) is 10.6. The zero-order chi connectivity index (χ0) is 15.7. The summed E-state index contributed by atoms with van der Waals surface area (Å²) < 4.78 is 24.6. The molecule has 0 bridgehead atoms. The molecule has 1 saturated heterocycles. The number of aromatic nitrogens is 4. The van der Waals surface area contributed by atoms with Crippen LogP contribution in [0.4, 0.5) is 10.3 Å². The van der Waals surface area contributed by atoms with Crippen LogP contribution in [-0.4, -0.2) is 61.8 Å². The zero-order valence-electron chi connectivity index (χ0n) is 11.6. The van der Waals surface area contributed by atoms with E-state index in [2.05, 4.69) is 15.0 Å². The van der Waals surface area contributed by atoms with Crippen LogP contribution in [0.3, 0.4) is 0 Å². The largest absolute Gasteiger partial charge is 0.473 e. The van der Waals surface area contributed by atoms with Gasteiger partial charge in [-0.25, -0.2) is 9.37 Å². The number of fused-ring (bicyclic) bond motifs is 1. The van der Waals surface area contributed by atoms with Crippen molar-refractivity contribution in [2.45, 2.75) is 24.9 Å². The van der Waals surface area contributed by atoms with Crippen LogP contribution in [0.15, 0.2) is 6.33 Å². The van der Waals surface area contributed by atoms with Crippen molar-refractivity contribution in [3.63, 3.8) is 0 Å². The van der Waals surface area contributed by atoms with E-state index in [0.29, 0.717) is 11.2 Å². The lowest BCUT2D eigenvalue weighted by atomic mass is 10.2. The van der Waals surface area contributed by atoms with E-state index in [9.17, 15) is 9.50 Å². The van der Waals surface area contributed by atoms with E-state index in [-0.39, 0.29) is 31.5 Å². The van der Waals surface area contributed by atoms with Gasteiger partial charge >= 0.3 is 0 Å². The first-order valence-corrected chi connectivity index (χ1v) is 6.77. The Bertz CT molecular complexity index is 666.